The largest absolute Gasteiger partial charge is 0.497 e. The number of amides is 6. The van der Waals surface area contributed by atoms with Gasteiger partial charge in [-0.2, -0.15) is 0 Å². The van der Waals surface area contributed by atoms with Crippen LogP contribution >= 0.6 is 0 Å². The number of ether oxygens (including phenoxy) is 4. The van der Waals surface area contributed by atoms with E-state index in [1.54, 1.807) is 26.4 Å². The van der Waals surface area contributed by atoms with Gasteiger partial charge in [-0.15, -0.1) is 0 Å². The third kappa shape index (κ3) is 82.0. The van der Waals surface area contributed by atoms with E-state index < -0.39 is 0 Å². The Hall–Kier alpha value is -10.1. The van der Waals surface area contributed by atoms with Crippen molar-refractivity contribution >= 4 is 69.9 Å². The van der Waals surface area contributed by atoms with Crippen LogP contribution in [-0.2, 0) is 61.6 Å². The monoisotopic (exact) mass is 2020 g/mol. The Morgan fingerprint density at radius 1 is 0.342 bits per heavy atom. The fraction of sp³-hybridized carbons (Fsp3) is 0.603. The molecule has 0 aliphatic carbocycles. The Balaban J connectivity index is 0.00000163. The van der Waals surface area contributed by atoms with Crippen LogP contribution in [0.2, 0.25) is 0 Å². The highest BCUT2D eigenvalue weighted by Crippen LogP contribution is 2.31. The molecule has 8 rings (SSSR count). The second-order valence-corrected chi connectivity index (χ2v) is 50.6. The topological polar surface area (TPSA) is 263 Å². The number of ketones is 1. The molecule has 7 aromatic rings. The molecule has 0 saturated carbocycles. The highest BCUT2D eigenvalue weighted by atomic mass is 19.1. The van der Waals surface area contributed by atoms with Crippen molar-refractivity contribution in [2.75, 3.05) is 68.3 Å². The fourth-order valence-electron chi connectivity index (χ4n) is 13.6. The van der Waals surface area contributed by atoms with Crippen molar-refractivity contribution in [3.05, 3.63) is 215 Å². The lowest BCUT2D eigenvalue weighted by atomic mass is 9.87. The number of Topliss-reactive ketones (excluding diaryl/α,β-unsaturated/α-hetero) is 1. The number of methoxy groups -OCH3 is 2. The van der Waals surface area contributed by atoms with Crippen molar-refractivity contribution in [2.45, 2.75) is 401 Å². The number of rotatable bonds is 36. The van der Waals surface area contributed by atoms with Gasteiger partial charge in [-0.1, -0.05) is 330 Å². The number of aryl methyl sites for hydroxylation is 2. The zero-order chi connectivity index (χ0) is 111. The molecule has 0 bridgehead atoms. The van der Waals surface area contributed by atoms with Gasteiger partial charge < -0.3 is 56.2 Å². The van der Waals surface area contributed by atoms with Crippen LogP contribution in [0, 0.1) is 68.4 Å². The number of nitrogens with zero attached hydrogens (tertiary/aromatic N) is 1. The number of nitrogens with two attached hydrogens (primary N) is 1. The number of carbonyl (C=O) groups is 8. The van der Waals surface area contributed by atoms with Gasteiger partial charge in [0, 0.05) is 99.3 Å². The second kappa shape index (κ2) is 70.0. The summed E-state index contributed by atoms with van der Waals surface area (Å²) in [7, 11) is 3.28. The molecule has 1 aliphatic rings. The molecule has 20 heteroatoms. The van der Waals surface area contributed by atoms with Gasteiger partial charge in [-0.3, -0.25) is 38.4 Å². The number of hydrogen-bond acceptors (Lipinski definition) is 13. The third-order valence-electron chi connectivity index (χ3n) is 23.0. The van der Waals surface area contributed by atoms with Gasteiger partial charge in [0.15, 0.2) is 5.78 Å². The molecule has 7 aromatic carbocycles. The van der Waals surface area contributed by atoms with Crippen molar-refractivity contribution in [1.29, 1.82) is 0 Å². The van der Waals surface area contributed by atoms with E-state index in [1.165, 1.54) is 68.2 Å². The number of anilines is 4. The molecule has 1 aliphatic heterocycles. The van der Waals surface area contributed by atoms with E-state index in [2.05, 4.69) is 246 Å². The van der Waals surface area contributed by atoms with Crippen LogP contribution in [0.1, 0.15) is 406 Å². The molecule has 1 saturated heterocycles. The Morgan fingerprint density at radius 2 is 0.692 bits per heavy atom. The summed E-state index contributed by atoms with van der Waals surface area (Å²) in [5.41, 5.74) is 17.8. The molecular formula is C126H202FN7O12. The van der Waals surface area contributed by atoms with Crippen LogP contribution in [0.25, 0.3) is 0 Å². The van der Waals surface area contributed by atoms with Crippen molar-refractivity contribution in [3.8, 4) is 11.5 Å². The van der Waals surface area contributed by atoms with E-state index in [0.717, 1.165) is 135 Å². The molecule has 0 spiro atoms. The number of unbranched alkanes of at least 4 members (excludes halogenated alkanes) is 5. The number of morpholine rings is 1. The summed E-state index contributed by atoms with van der Waals surface area (Å²) >= 11 is 0. The summed E-state index contributed by atoms with van der Waals surface area (Å²) in [6.45, 7) is 74.2. The number of benzene rings is 7. The van der Waals surface area contributed by atoms with Gasteiger partial charge >= 0.3 is 5.97 Å². The van der Waals surface area contributed by atoms with E-state index in [1.807, 2.05) is 158 Å². The Labute approximate surface area is 886 Å². The van der Waals surface area contributed by atoms with E-state index in [0.29, 0.717) is 99.7 Å². The van der Waals surface area contributed by atoms with Crippen molar-refractivity contribution < 1.29 is 61.7 Å². The lowest BCUT2D eigenvalue weighted by Gasteiger charge is -2.28. The first-order chi connectivity index (χ1) is 67.5. The summed E-state index contributed by atoms with van der Waals surface area (Å²) in [5.74, 6) is 2.09. The normalized spacial score (nSPS) is 12.1. The number of nitrogens with one attached hydrogen (secondary N) is 5. The molecule has 820 valence electrons. The Kier molecular flexibility index (Phi) is 65.2. The van der Waals surface area contributed by atoms with Gasteiger partial charge in [0.25, 0.3) is 0 Å². The van der Waals surface area contributed by atoms with Crippen LogP contribution in [0.5, 0.6) is 11.5 Å². The Morgan fingerprint density at radius 3 is 1.07 bits per heavy atom. The van der Waals surface area contributed by atoms with Gasteiger partial charge in [-0.05, 0) is 265 Å². The van der Waals surface area contributed by atoms with Gasteiger partial charge in [-0.25, -0.2) is 4.39 Å². The lowest BCUT2D eigenvalue weighted by Crippen LogP contribution is -2.40. The van der Waals surface area contributed by atoms with Crippen molar-refractivity contribution in [1.82, 2.24) is 10.2 Å². The quantitative estimate of drug-likeness (QED) is 0.0121. The molecule has 1 fully saturated rings. The predicted molar refractivity (Wildman–Crippen MR) is 614 cm³/mol. The third-order valence-corrected chi connectivity index (χ3v) is 23.0. The molecule has 0 aromatic heterocycles. The maximum Gasteiger partial charge on any atom is 0.306 e. The summed E-state index contributed by atoms with van der Waals surface area (Å²) in [6, 6.07) is 54.6. The smallest absolute Gasteiger partial charge is 0.306 e. The molecule has 1 heterocycles. The van der Waals surface area contributed by atoms with Crippen LogP contribution in [-0.4, -0.2) is 99.2 Å². The lowest BCUT2D eigenvalue weighted by molar-refractivity contribution is -0.145. The first-order valence-electron chi connectivity index (χ1n) is 53.5. The number of para-hydroxylation sites is 1. The van der Waals surface area contributed by atoms with E-state index in [9.17, 15) is 42.7 Å². The van der Waals surface area contributed by atoms with E-state index in [4.69, 9.17) is 24.7 Å². The average Bonchev–Trinajstić information content (AvgIpc) is 0.859. The maximum absolute atomic E-state index is 12.6. The SMILES string of the molecule is CC(C)(C)CCC(=O)N1CCOCC1.CC(C)(C)CCC(=O)Nc1ccc(C(C)(C)C)cc1.CC(C)(C)CCC(=O)Nc1ccc(F)cc1.CC(C)(C)CCC(=O)Nc1ccccc1.CC(C)(C)CCCCCC(=O)OCc1ccccc1.CC(C)(C)CCCCN.COc1cc(C)cc(C(=O)CCCCCC(C)(C)C)c1.COc1ccc(CNC(=O)CCC(C)(C)C)cc1.Cc1ccc(NC(=O)CCC(C)(C)C)cc1. The average molecular weight is 2030 g/mol. The first-order valence-corrected chi connectivity index (χ1v) is 53.5. The zero-order valence-corrected chi connectivity index (χ0v) is 97.7. The molecular weight excluding hydrogens is 1820 g/mol. The molecule has 7 N–H and O–H groups in total. The first kappa shape index (κ1) is 136. The summed E-state index contributed by atoms with van der Waals surface area (Å²) in [4.78, 5) is 95.6. The van der Waals surface area contributed by atoms with Crippen molar-refractivity contribution in [2.24, 2.45) is 54.5 Å². The van der Waals surface area contributed by atoms with Gasteiger partial charge in [0.05, 0.1) is 27.4 Å². The molecule has 0 radical (unpaired) electrons. The van der Waals surface area contributed by atoms with E-state index in [-0.39, 0.29) is 90.9 Å². The minimum atomic E-state index is -0.298. The summed E-state index contributed by atoms with van der Waals surface area (Å²) < 4.78 is 33.4. The van der Waals surface area contributed by atoms with E-state index >= 15 is 0 Å². The molecule has 0 atom stereocenters. The number of halogens is 1. The van der Waals surface area contributed by atoms with Gasteiger partial charge in [0.2, 0.25) is 35.4 Å². The standard InChI is InChI=1S/C18H28O2.C17H27NO.C17H26O2.C15H23NO2.C14H21NO.C13H18FNO.C13H19NO.C11H21NO2.C8H19N/c1-14-11-15(13-16(12-14)20-5)17(19)9-7-6-8-10-18(2,3)4;1-16(2,3)12-11-15(19)18-14-9-7-13(8-10-14)17(4,5)6;1-17(2,3)13-9-5-8-12-16(18)19-14-15-10-6-4-7-11-15;1-15(2,3)10-9-14(17)16-11-12-5-7-13(18-4)8-6-12;1-11-5-7-12(8-6-11)15-13(16)9-10-14(2,3)4;1-13(2,3)9-8-12(16)15-11-6-4-10(14)5-7-11;1-13(2,3)10-9-12(15)14-11-7-5-4-6-8-11;1-11(2,3)5-4-10(13)12-6-8-14-9-7-12;1-8(2,3)6-4-5-7-9/h11-13H,6-10H2,1-5H3;7-10H,11-12H2,1-6H3,(H,18,19);4,6-7,10-11H,5,8-9,12-14H2,1-3H3;5-8H,9-11H2,1-4H3,(H,16,17);5-8H,9-10H2,1-4H3,(H,15,16);4-7H,8-9H2,1-3H3,(H,15,16);4-8H,9-10H2,1-3H3,(H,14,15);4-9H2,1-3H3;4-7,9H2,1-3H3. The van der Waals surface area contributed by atoms with Crippen LogP contribution in [0.3, 0.4) is 0 Å². The highest BCUT2D eigenvalue weighted by molar-refractivity contribution is 5.97. The minimum Gasteiger partial charge on any atom is -0.497 e. The number of hydrogen-bond donors (Lipinski definition) is 6. The number of carbonyl (C=O) groups excluding carboxylic acids is 8. The fourth-order valence-corrected chi connectivity index (χ4v) is 13.6. The Bertz CT molecular complexity index is 4650. The summed E-state index contributed by atoms with van der Waals surface area (Å²) in [6.07, 6.45) is 22.8. The van der Waals surface area contributed by atoms with Crippen LogP contribution in [0.15, 0.2) is 176 Å². The van der Waals surface area contributed by atoms with Crippen molar-refractivity contribution in [3.63, 3.8) is 0 Å². The second-order valence-electron chi connectivity index (χ2n) is 50.6. The van der Waals surface area contributed by atoms with Gasteiger partial charge in [0.1, 0.15) is 23.9 Å². The van der Waals surface area contributed by atoms with Crippen LogP contribution in [0.4, 0.5) is 27.1 Å². The molecule has 0 unspecified atom stereocenters. The number of esters is 1. The predicted octanol–water partition coefficient (Wildman–Crippen LogP) is 32.4. The summed E-state index contributed by atoms with van der Waals surface area (Å²) in [5, 5.41) is 14.4. The zero-order valence-electron chi connectivity index (χ0n) is 97.7. The minimum absolute atomic E-state index is 0.0264. The molecule has 6 amide bonds. The molecule has 146 heavy (non-hydrogen) atoms. The maximum atomic E-state index is 12.6. The molecule has 19 nitrogen and oxygen atoms in total. The highest BCUT2D eigenvalue weighted by Gasteiger charge is 2.23. The van der Waals surface area contributed by atoms with Crippen LogP contribution < -0.4 is 41.8 Å².